The van der Waals surface area contributed by atoms with E-state index in [9.17, 15) is 17.4 Å². The first-order chi connectivity index (χ1) is 18.6. The fourth-order valence-corrected chi connectivity index (χ4v) is 4.52. The largest absolute Gasteiger partial charge is 0.495 e. The van der Waals surface area contributed by atoms with E-state index in [4.69, 9.17) is 4.74 Å². The number of aromatic nitrogens is 2. The number of ether oxygens (including phenoxy) is 1. The molecule has 39 heavy (non-hydrogen) atoms. The quantitative estimate of drug-likeness (QED) is 0.433. The third-order valence-electron chi connectivity index (χ3n) is 6.84. The van der Waals surface area contributed by atoms with Crippen molar-refractivity contribution in [3.63, 3.8) is 0 Å². The highest BCUT2D eigenvalue weighted by Crippen LogP contribution is 2.36. The molecule has 2 aromatic rings. The number of benzene rings is 1. The highest BCUT2D eigenvalue weighted by Gasteiger charge is 2.36. The topological polar surface area (TPSA) is 94.7 Å². The number of hydrogen-bond acceptors (Lipinski definition) is 8. The van der Waals surface area contributed by atoms with Crippen LogP contribution in [0.5, 0.6) is 5.75 Å². The number of likely N-dealkylation sites (N-methyl/N-ethyl adjacent to an activating group) is 1. The van der Waals surface area contributed by atoms with Gasteiger partial charge in [-0.25, -0.2) is 13.9 Å². The molecule has 0 bridgehead atoms. The summed E-state index contributed by atoms with van der Waals surface area (Å²) in [5, 5.41) is 6.06. The molecule has 1 aliphatic heterocycles. The zero-order chi connectivity index (χ0) is 28.4. The highest BCUT2D eigenvalue weighted by atomic mass is 32.2. The van der Waals surface area contributed by atoms with Crippen LogP contribution in [-0.4, -0.2) is 83.7 Å². The first-order valence-electron chi connectivity index (χ1n) is 13.2. The van der Waals surface area contributed by atoms with Crippen molar-refractivity contribution in [1.29, 1.82) is 0 Å². The van der Waals surface area contributed by atoms with Gasteiger partial charge in [0.05, 0.1) is 23.8 Å². The summed E-state index contributed by atoms with van der Waals surface area (Å²) in [5.41, 5.74) is 0.867. The normalized spacial score (nSPS) is 18.1. The summed E-state index contributed by atoms with van der Waals surface area (Å²) >= 11 is 0. The summed E-state index contributed by atoms with van der Waals surface area (Å²) in [5.74, 6) is 0.510. The van der Waals surface area contributed by atoms with Gasteiger partial charge in [0.15, 0.2) is 0 Å². The number of nitrogens with zero attached hydrogens (tertiary/aromatic N) is 4. The second-order valence-electron chi connectivity index (χ2n) is 9.83. The van der Waals surface area contributed by atoms with Crippen molar-refractivity contribution < 1.29 is 22.1 Å². The molecule has 1 saturated carbocycles. The van der Waals surface area contributed by atoms with E-state index in [0.29, 0.717) is 11.4 Å². The van der Waals surface area contributed by atoms with E-state index in [1.165, 1.54) is 0 Å². The molecule has 9 nitrogen and oxygen atoms in total. The van der Waals surface area contributed by atoms with E-state index in [2.05, 4.69) is 42.2 Å². The highest BCUT2D eigenvalue weighted by molar-refractivity contribution is 7.82. The van der Waals surface area contributed by atoms with E-state index < -0.39 is 22.7 Å². The van der Waals surface area contributed by atoms with Crippen molar-refractivity contribution >= 4 is 28.4 Å². The van der Waals surface area contributed by atoms with Crippen molar-refractivity contribution in [1.82, 2.24) is 24.5 Å². The summed E-state index contributed by atoms with van der Waals surface area (Å²) in [6.45, 7) is 4.92. The first-order valence-corrected chi connectivity index (χ1v) is 14.7. The predicted octanol–water partition coefficient (Wildman–Crippen LogP) is 4.24. The van der Waals surface area contributed by atoms with Gasteiger partial charge in [-0.2, -0.15) is 18.2 Å². The lowest BCUT2D eigenvalue weighted by Crippen LogP contribution is -2.43. The van der Waals surface area contributed by atoms with Crippen LogP contribution in [0.4, 0.5) is 30.6 Å². The Kier molecular flexibility index (Phi) is 11.8. The molecule has 3 N–H and O–H groups in total. The van der Waals surface area contributed by atoms with Gasteiger partial charge in [-0.3, -0.25) is 4.90 Å². The van der Waals surface area contributed by atoms with E-state index in [-0.39, 0.29) is 17.8 Å². The van der Waals surface area contributed by atoms with Crippen molar-refractivity contribution in [2.75, 3.05) is 64.3 Å². The molecule has 1 aliphatic carbocycles. The second-order valence-corrected chi connectivity index (χ2v) is 11.1. The molecule has 1 unspecified atom stereocenters. The maximum Gasteiger partial charge on any atom is 0.421 e. The number of alkyl halides is 3. The lowest BCUT2D eigenvalue weighted by molar-refractivity contribution is -0.137. The number of anilines is 3. The molecule has 4 rings (SSSR count). The van der Waals surface area contributed by atoms with Gasteiger partial charge in [-0.15, -0.1) is 0 Å². The minimum atomic E-state index is -4.53. The lowest BCUT2D eigenvalue weighted by Gasteiger charge is -2.32. The van der Waals surface area contributed by atoms with Gasteiger partial charge in [0.2, 0.25) is 5.95 Å². The molecule has 0 radical (unpaired) electrons. The zero-order valence-corrected chi connectivity index (χ0v) is 23.9. The van der Waals surface area contributed by atoms with Crippen LogP contribution in [-0.2, 0) is 23.7 Å². The Morgan fingerprint density at radius 2 is 1.79 bits per heavy atom. The van der Waals surface area contributed by atoms with Crippen LogP contribution in [0.25, 0.3) is 0 Å². The number of methoxy groups -OCH3 is 1. The van der Waals surface area contributed by atoms with Crippen LogP contribution in [0.15, 0.2) is 24.4 Å². The van der Waals surface area contributed by atoms with Gasteiger partial charge < -0.3 is 20.3 Å². The number of nitrogens with one attached hydrogen (secondary N) is 3. The number of rotatable bonds is 8. The van der Waals surface area contributed by atoms with Crippen LogP contribution in [0.2, 0.25) is 0 Å². The van der Waals surface area contributed by atoms with Gasteiger partial charge in [0, 0.05) is 51.2 Å². The van der Waals surface area contributed by atoms with Gasteiger partial charge in [-0.05, 0) is 44.6 Å². The van der Waals surface area contributed by atoms with E-state index in [1.807, 2.05) is 18.2 Å². The second kappa shape index (κ2) is 14.8. The molecule has 1 saturated heterocycles. The zero-order valence-electron chi connectivity index (χ0n) is 23.1. The molecule has 1 aromatic carbocycles. The van der Waals surface area contributed by atoms with Gasteiger partial charge in [-0.1, -0.05) is 25.3 Å². The molecule has 218 valence electrons. The molecule has 1 atom stereocenters. The Bertz CT molecular complexity index is 1080. The first kappa shape index (κ1) is 31.1. The van der Waals surface area contributed by atoms with Crippen LogP contribution in [0.3, 0.4) is 0 Å². The summed E-state index contributed by atoms with van der Waals surface area (Å²) in [7, 11) is 4.52. The Labute approximate surface area is 231 Å². The molecule has 2 aliphatic rings. The van der Waals surface area contributed by atoms with Crippen molar-refractivity contribution in [2.45, 2.75) is 50.9 Å². The number of hydrogen-bond donors (Lipinski definition) is 3. The van der Waals surface area contributed by atoms with E-state index in [0.717, 1.165) is 76.6 Å². The van der Waals surface area contributed by atoms with Crippen molar-refractivity contribution in [3.8, 4) is 5.75 Å². The monoisotopic (exact) mass is 571 g/mol. The Hall–Kier alpha value is -2.48. The standard InChI is InChI=1S/C24H33F3N6O.C2H7NOS/c1-32-10-12-33(13-11-32)16-17-8-9-20(21(14-17)34-2)30-23-28-15-19(24(25,26)27)22(31-23)29-18-6-4-3-5-7-18;1-3-5(2)4/h8-9,14-15,18H,3-7,10-13,16H2,1-2H3,(H2,28,29,30,31);3H,1-2H3. The smallest absolute Gasteiger partial charge is 0.421 e. The van der Waals surface area contributed by atoms with Crippen molar-refractivity contribution in [2.24, 2.45) is 0 Å². The SMILES string of the molecule is CNS(C)=O.COc1cc(CN2CCN(C)CC2)ccc1Nc1ncc(C(F)(F)F)c(NC2CCCCC2)n1. The molecular formula is C26H40F3N7O2S. The third kappa shape index (κ3) is 9.89. The minimum Gasteiger partial charge on any atom is -0.495 e. The average Bonchev–Trinajstić information content (AvgIpc) is 2.91. The van der Waals surface area contributed by atoms with Crippen LogP contribution in [0.1, 0.15) is 43.2 Å². The Morgan fingerprint density at radius 3 is 2.38 bits per heavy atom. The number of piperazine rings is 1. The van der Waals surface area contributed by atoms with Gasteiger partial charge >= 0.3 is 6.18 Å². The van der Waals surface area contributed by atoms with Gasteiger partial charge in [0.1, 0.15) is 17.1 Å². The Balaban J connectivity index is 0.000000771. The fraction of sp³-hybridized carbons (Fsp3) is 0.615. The van der Waals surface area contributed by atoms with Crippen LogP contribution < -0.4 is 20.1 Å². The molecular weight excluding hydrogens is 531 g/mol. The summed E-state index contributed by atoms with van der Waals surface area (Å²) in [6, 6.07) is 5.79. The van der Waals surface area contributed by atoms with Gasteiger partial charge in [0.25, 0.3) is 0 Å². The summed E-state index contributed by atoms with van der Waals surface area (Å²) in [4.78, 5) is 12.9. The minimum absolute atomic E-state index is 0.0130. The summed E-state index contributed by atoms with van der Waals surface area (Å²) in [6.07, 6.45) is 2.71. The molecule has 0 amide bonds. The number of halogens is 3. The predicted molar refractivity (Wildman–Crippen MR) is 150 cm³/mol. The molecule has 2 heterocycles. The van der Waals surface area contributed by atoms with Crippen LogP contribution in [0, 0.1) is 0 Å². The van der Waals surface area contributed by atoms with E-state index >= 15 is 0 Å². The molecule has 13 heteroatoms. The van der Waals surface area contributed by atoms with E-state index in [1.54, 1.807) is 20.4 Å². The molecule has 0 spiro atoms. The summed E-state index contributed by atoms with van der Waals surface area (Å²) < 4.78 is 58.6. The third-order valence-corrected chi connectivity index (χ3v) is 7.42. The maximum absolute atomic E-state index is 13.6. The molecule has 2 fully saturated rings. The maximum atomic E-state index is 13.6. The lowest BCUT2D eigenvalue weighted by atomic mass is 9.95. The van der Waals surface area contributed by atoms with Crippen LogP contribution >= 0.6 is 0 Å². The Morgan fingerprint density at radius 1 is 1.13 bits per heavy atom. The van der Waals surface area contributed by atoms with Crippen molar-refractivity contribution in [3.05, 3.63) is 35.5 Å². The molecule has 1 aromatic heterocycles. The average molecular weight is 572 g/mol. The fourth-order valence-electron chi connectivity index (χ4n) is 4.52.